The summed E-state index contributed by atoms with van der Waals surface area (Å²) in [5.74, 6) is 0.801. The maximum absolute atomic E-state index is 8.89. The third-order valence-corrected chi connectivity index (χ3v) is 3.86. The number of aliphatic hydroxyl groups is 1. The molecule has 0 bridgehead atoms. The van der Waals surface area contributed by atoms with Gasteiger partial charge in [0.05, 0.1) is 6.73 Å². The van der Waals surface area contributed by atoms with Crippen molar-refractivity contribution in [3.05, 3.63) is 35.9 Å². The maximum atomic E-state index is 8.89. The number of aliphatic hydroxyl groups excluding tert-OH is 1. The van der Waals surface area contributed by atoms with Gasteiger partial charge in [0.1, 0.15) is 0 Å². The number of rotatable bonds is 9. The van der Waals surface area contributed by atoms with Crippen LogP contribution in [0.15, 0.2) is 30.3 Å². The average Bonchev–Trinajstić information content (AvgIpc) is 2.61. The van der Waals surface area contributed by atoms with E-state index in [2.05, 4.69) is 45.1 Å². The van der Waals surface area contributed by atoms with E-state index in [0.717, 1.165) is 18.8 Å². The van der Waals surface area contributed by atoms with Gasteiger partial charge in [-0.3, -0.25) is 5.32 Å². The van der Waals surface area contributed by atoms with Crippen molar-refractivity contribution in [3.63, 3.8) is 0 Å². The van der Waals surface area contributed by atoms with E-state index in [1.54, 1.807) is 0 Å². The van der Waals surface area contributed by atoms with Gasteiger partial charge >= 0.3 is 0 Å². The Kier molecular flexibility index (Phi) is 24.4. The van der Waals surface area contributed by atoms with Crippen molar-refractivity contribution in [2.24, 2.45) is 11.7 Å². The van der Waals surface area contributed by atoms with Crippen molar-refractivity contribution in [2.45, 2.75) is 93.2 Å². The molecule has 0 spiro atoms. The Bertz CT molecular complexity index is 341. The zero-order valence-corrected chi connectivity index (χ0v) is 16.9. The highest BCUT2D eigenvalue weighted by molar-refractivity contribution is 5.18. The number of nitrogens with two attached hydrogens (primary N) is 1. The van der Waals surface area contributed by atoms with Crippen molar-refractivity contribution in [1.29, 1.82) is 0 Å². The van der Waals surface area contributed by atoms with Crippen LogP contribution in [0.2, 0.25) is 0 Å². The van der Waals surface area contributed by atoms with Gasteiger partial charge in [-0.25, -0.2) is 0 Å². The highest BCUT2D eigenvalue weighted by atomic mass is 16.3. The van der Waals surface area contributed by atoms with Gasteiger partial charge in [-0.05, 0) is 31.2 Å². The highest BCUT2D eigenvalue weighted by Gasteiger charge is 2.08. The molecule has 3 unspecified atom stereocenters. The van der Waals surface area contributed by atoms with Crippen molar-refractivity contribution in [2.75, 3.05) is 6.73 Å². The van der Waals surface area contributed by atoms with E-state index in [1.807, 2.05) is 32.0 Å². The van der Waals surface area contributed by atoms with Crippen LogP contribution in [0.5, 0.6) is 0 Å². The van der Waals surface area contributed by atoms with Crippen LogP contribution in [-0.4, -0.2) is 17.9 Å². The molecule has 25 heavy (non-hydrogen) atoms. The molecular weight excluding hydrogens is 308 g/mol. The summed E-state index contributed by atoms with van der Waals surface area (Å²) in [4.78, 5) is 0. The third kappa shape index (κ3) is 17.7. The van der Waals surface area contributed by atoms with Gasteiger partial charge in [0.25, 0.3) is 0 Å². The number of unbranched alkanes of at least 4 members (excludes halogenated alkanes) is 1. The Hall–Kier alpha value is -0.900. The first-order valence-corrected chi connectivity index (χ1v) is 9.69. The van der Waals surface area contributed by atoms with E-state index in [1.165, 1.54) is 24.8 Å². The summed E-state index contributed by atoms with van der Waals surface area (Å²) in [6.45, 7) is 12.7. The molecule has 0 radical (unpaired) electrons. The van der Waals surface area contributed by atoms with Crippen LogP contribution in [0.4, 0.5) is 0 Å². The second kappa shape index (κ2) is 21.1. The first-order valence-electron chi connectivity index (χ1n) is 9.69. The molecule has 4 N–H and O–H groups in total. The van der Waals surface area contributed by atoms with Crippen LogP contribution in [-0.2, 0) is 0 Å². The SMILES string of the molecule is C.CC.CCC(C)CC(C)N.CCCCC(NCO)c1ccccc1. The number of hydrogen-bond donors (Lipinski definition) is 3. The molecule has 3 atom stereocenters. The Morgan fingerprint density at radius 2 is 1.64 bits per heavy atom. The summed E-state index contributed by atoms with van der Waals surface area (Å²) < 4.78 is 0. The molecule has 1 rings (SSSR count). The normalized spacial score (nSPS) is 13.1. The minimum absolute atomic E-state index is 0. The largest absolute Gasteiger partial charge is 0.381 e. The third-order valence-electron chi connectivity index (χ3n) is 3.86. The molecule has 0 fully saturated rings. The van der Waals surface area contributed by atoms with Gasteiger partial charge in [-0.1, -0.05) is 91.6 Å². The number of hydrogen-bond acceptors (Lipinski definition) is 3. The Morgan fingerprint density at radius 3 is 2.00 bits per heavy atom. The van der Waals surface area contributed by atoms with Gasteiger partial charge in [-0.2, -0.15) is 0 Å². The van der Waals surface area contributed by atoms with Crippen LogP contribution in [0.3, 0.4) is 0 Å². The zero-order chi connectivity index (χ0) is 18.8. The Labute approximate surface area is 158 Å². The highest BCUT2D eigenvalue weighted by Crippen LogP contribution is 2.18. The van der Waals surface area contributed by atoms with Crippen molar-refractivity contribution >= 4 is 0 Å². The number of benzene rings is 1. The molecule has 0 amide bonds. The lowest BCUT2D eigenvalue weighted by molar-refractivity contribution is 0.236. The first kappa shape index (κ1) is 28.9. The average molecular weight is 355 g/mol. The predicted molar refractivity (Wildman–Crippen MR) is 115 cm³/mol. The summed E-state index contributed by atoms with van der Waals surface area (Å²) >= 11 is 0. The van der Waals surface area contributed by atoms with E-state index < -0.39 is 0 Å². The summed E-state index contributed by atoms with van der Waals surface area (Å²) in [6, 6.07) is 11.0. The Morgan fingerprint density at radius 1 is 1.08 bits per heavy atom. The molecule has 0 heterocycles. The minimum Gasteiger partial charge on any atom is -0.381 e. The van der Waals surface area contributed by atoms with Crippen LogP contribution in [0.1, 0.15) is 92.7 Å². The quantitative estimate of drug-likeness (QED) is 0.485. The smallest absolute Gasteiger partial charge is 0.0936 e. The summed E-state index contributed by atoms with van der Waals surface area (Å²) in [7, 11) is 0. The van der Waals surface area contributed by atoms with E-state index in [4.69, 9.17) is 10.8 Å². The molecule has 3 heteroatoms. The van der Waals surface area contributed by atoms with E-state index >= 15 is 0 Å². The summed E-state index contributed by atoms with van der Waals surface area (Å²) in [5, 5.41) is 12.0. The van der Waals surface area contributed by atoms with Crippen molar-refractivity contribution < 1.29 is 5.11 Å². The lowest BCUT2D eigenvalue weighted by Crippen LogP contribution is -2.22. The van der Waals surface area contributed by atoms with Crippen LogP contribution < -0.4 is 11.1 Å². The van der Waals surface area contributed by atoms with Crippen molar-refractivity contribution in [3.8, 4) is 0 Å². The molecule has 1 aromatic carbocycles. The Balaban J connectivity index is -0.000000380. The fourth-order valence-electron chi connectivity index (χ4n) is 2.39. The van der Waals surface area contributed by atoms with Crippen LogP contribution >= 0.6 is 0 Å². The topological polar surface area (TPSA) is 58.3 Å². The molecule has 150 valence electrons. The second-order valence-corrected chi connectivity index (χ2v) is 6.19. The molecule has 0 aliphatic rings. The maximum Gasteiger partial charge on any atom is 0.0936 e. The van der Waals surface area contributed by atoms with Gasteiger partial charge in [0.15, 0.2) is 0 Å². The number of nitrogens with one attached hydrogen (secondary N) is 1. The lowest BCUT2D eigenvalue weighted by atomic mass is 10.0. The first-order chi connectivity index (χ1) is 11.5. The molecule has 0 aliphatic carbocycles. The molecule has 1 aromatic rings. The fourth-order valence-corrected chi connectivity index (χ4v) is 2.39. The van der Waals surface area contributed by atoms with E-state index in [0.29, 0.717) is 12.1 Å². The lowest BCUT2D eigenvalue weighted by Gasteiger charge is -2.17. The van der Waals surface area contributed by atoms with E-state index in [9.17, 15) is 0 Å². The second-order valence-electron chi connectivity index (χ2n) is 6.19. The van der Waals surface area contributed by atoms with Gasteiger partial charge < -0.3 is 10.8 Å². The van der Waals surface area contributed by atoms with E-state index in [-0.39, 0.29) is 14.2 Å². The molecule has 0 saturated carbocycles. The minimum atomic E-state index is 0. The van der Waals surface area contributed by atoms with Crippen molar-refractivity contribution in [1.82, 2.24) is 5.32 Å². The van der Waals surface area contributed by atoms with Crippen LogP contribution in [0.25, 0.3) is 0 Å². The molecule has 0 aromatic heterocycles. The summed E-state index contributed by atoms with van der Waals surface area (Å²) in [6.07, 6.45) is 5.88. The monoisotopic (exact) mass is 354 g/mol. The summed E-state index contributed by atoms with van der Waals surface area (Å²) in [5.41, 5.74) is 6.83. The molecular formula is C22H46N2O. The molecule has 0 saturated heterocycles. The molecule has 3 nitrogen and oxygen atoms in total. The fraction of sp³-hybridized carbons (Fsp3) is 0.727. The zero-order valence-electron chi connectivity index (χ0n) is 16.9. The standard InChI is InChI=1S/C12H19NO.C7H17N.C2H6.CH4/c1-2-3-9-12(13-10-14)11-7-5-4-6-8-11;1-4-6(2)5-7(3)8;1-2;/h4-8,12-14H,2-3,9-10H2,1H3;6-7H,4-5,8H2,1-3H3;1-2H3;1H4. The predicted octanol–water partition coefficient (Wildman–Crippen LogP) is 5.89. The molecule has 0 aliphatic heterocycles. The van der Waals surface area contributed by atoms with Gasteiger partial charge in [0, 0.05) is 12.1 Å². The van der Waals surface area contributed by atoms with Crippen LogP contribution in [0, 0.1) is 5.92 Å². The van der Waals surface area contributed by atoms with Gasteiger partial charge in [0.2, 0.25) is 0 Å². The van der Waals surface area contributed by atoms with Gasteiger partial charge in [-0.15, -0.1) is 0 Å².